The smallest absolute Gasteiger partial charge is 0.327 e. The number of nitrogens with zero attached hydrogens (tertiary/aromatic N) is 4. The minimum Gasteiger partial charge on any atom is -0.327 e. The van der Waals surface area contributed by atoms with Crippen molar-refractivity contribution in [2.75, 3.05) is 0 Å². The quantitative estimate of drug-likeness (QED) is 0.675. The highest BCUT2D eigenvalue weighted by molar-refractivity contribution is 5.92. The summed E-state index contributed by atoms with van der Waals surface area (Å²) in [5, 5.41) is 3.69. The number of pyridine rings is 1. The van der Waals surface area contributed by atoms with Gasteiger partial charge < -0.3 is 4.90 Å². The molecule has 0 aliphatic heterocycles. The zero-order valence-electron chi connectivity index (χ0n) is 14.2. The molecule has 0 fully saturated rings. The molecule has 0 bridgehead atoms. The van der Waals surface area contributed by atoms with Gasteiger partial charge in [0.25, 0.3) is 5.91 Å². The highest BCUT2D eigenvalue weighted by atomic mass is 19.3. The van der Waals surface area contributed by atoms with Gasteiger partial charge in [-0.25, -0.2) is 4.68 Å². The number of rotatable bonds is 6. The first kappa shape index (κ1) is 17.7. The molecule has 0 saturated heterocycles. The van der Waals surface area contributed by atoms with Crippen molar-refractivity contribution in [1.82, 2.24) is 19.7 Å². The van der Waals surface area contributed by atoms with E-state index < -0.39 is 12.5 Å². The summed E-state index contributed by atoms with van der Waals surface area (Å²) in [4.78, 5) is 18.8. The molecule has 0 spiro atoms. The molecule has 134 valence electrons. The van der Waals surface area contributed by atoms with Crippen LogP contribution in [0.5, 0.6) is 0 Å². The Morgan fingerprint density at radius 3 is 2.50 bits per heavy atom. The Labute approximate surface area is 149 Å². The largest absolute Gasteiger partial charge is 0.333 e. The number of aromatic nitrogens is 3. The van der Waals surface area contributed by atoms with Crippen LogP contribution in [-0.4, -0.2) is 25.6 Å². The van der Waals surface area contributed by atoms with Gasteiger partial charge in [0.2, 0.25) is 0 Å². The van der Waals surface area contributed by atoms with Gasteiger partial charge in [-0.1, -0.05) is 36.4 Å². The molecule has 5 nitrogen and oxygen atoms in total. The lowest BCUT2D eigenvalue weighted by atomic mass is 10.2. The zero-order valence-corrected chi connectivity index (χ0v) is 14.2. The topological polar surface area (TPSA) is 51.0 Å². The number of alkyl halides is 2. The van der Waals surface area contributed by atoms with Crippen molar-refractivity contribution in [1.29, 1.82) is 0 Å². The molecular weight excluding hydrogens is 338 g/mol. The van der Waals surface area contributed by atoms with Gasteiger partial charge in [-0.15, -0.1) is 0 Å². The number of halogens is 2. The van der Waals surface area contributed by atoms with Crippen LogP contribution < -0.4 is 0 Å². The van der Waals surface area contributed by atoms with E-state index >= 15 is 0 Å². The lowest BCUT2D eigenvalue weighted by Crippen LogP contribution is -2.31. The first-order chi connectivity index (χ1) is 12.5. The second kappa shape index (κ2) is 7.86. The van der Waals surface area contributed by atoms with E-state index in [1.54, 1.807) is 4.90 Å². The van der Waals surface area contributed by atoms with Crippen molar-refractivity contribution in [3.05, 3.63) is 83.4 Å². The molecular formula is C19H18F2N4O. The highest BCUT2D eigenvalue weighted by Crippen LogP contribution is 2.15. The lowest BCUT2D eigenvalue weighted by Gasteiger charge is -2.22. The molecule has 0 radical (unpaired) electrons. The normalized spacial score (nSPS) is 10.9. The van der Waals surface area contributed by atoms with Crippen LogP contribution in [0.4, 0.5) is 8.78 Å². The van der Waals surface area contributed by atoms with Crippen LogP contribution in [0.3, 0.4) is 0 Å². The van der Waals surface area contributed by atoms with Crippen molar-refractivity contribution in [2.24, 2.45) is 0 Å². The Morgan fingerprint density at radius 2 is 1.85 bits per heavy atom. The summed E-state index contributed by atoms with van der Waals surface area (Å²) in [5.41, 5.74) is 2.48. The van der Waals surface area contributed by atoms with Crippen LogP contribution in [0.2, 0.25) is 0 Å². The third-order valence-electron chi connectivity index (χ3n) is 3.83. The molecule has 0 unspecified atom stereocenters. The number of amides is 1. The summed E-state index contributed by atoms with van der Waals surface area (Å²) >= 11 is 0. The van der Waals surface area contributed by atoms with Gasteiger partial charge in [-0.3, -0.25) is 9.78 Å². The molecule has 0 N–H and O–H groups in total. The molecule has 0 atom stereocenters. The summed E-state index contributed by atoms with van der Waals surface area (Å²) in [6.07, 6.45) is 1.10. The van der Waals surface area contributed by atoms with Gasteiger partial charge in [0.1, 0.15) is 0 Å². The number of carbonyl (C=O) groups is 1. The van der Waals surface area contributed by atoms with Crippen LogP contribution in [0.15, 0.2) is 60.8 Å². The number of aryl methyl sites for hydroxylation is 1. The third kappa shape index (κ3) is 4.30. The molecule has 1 aromatic carbocycles. The average molecular weight is 356 g/mol. The van der Waals surface area contributed by atoms with Gasteiger partial charge in [-0.05, 0) is 30.7 Å². The Bertz CT molecular complexity index is 880. The molecule has 26 heavy (non-hydrogen) atoms. The second-order valence-electron chi connectivity index (χ2n) is 5.88. The fraction of sp³-hybridized carbons (Fsp3) is 0.211. The summed E-state index contributed by atoms with van der Waals surface area (Å²) in [7, 11) is 0. The molecule has 3 aromatic rings. The Balaban J connectivity index is 1.86. The van der Waals surface area contributed by atoms with E-state index in [9.17, 15) is 13.6 Å². The van der Waals surface area contributed by atoms with Gasteiger partial charge in [-0.2, -0.15) is 13.9 Å². The number of benzene rings is 1. The number of hydrogen-bond donors (Lipinski definition) is 0. The SMILES string of the molecule is Cc1cccc(CN(Cc2ccccc2)C(=O)c2ccn(C(F)F)n2)n1. The van der Waals surface area contributed by atoms with Crippen molar-refractivity contribution in [3.8, 4) is 0 Å². The van der Waals surface area contributed by atoms with E-state index in [1.807, 2.05) is 55.5 Å². The van der Waals surface area contributed by atoms with E-state index in [4.69, 9.17) is 0 Å². The molecule has 1 amide bonds. The van der Waals surface area contributed by atoms with Crippen LogP contribution >= 0.6 is 0 Å². The maximum absolute atomic E-state index is 12.9. The lowest BCUT2D eigenvalue weighted by molar-refractivity contribution is 0.0548. The Kier molecular flexibility index (Phi) is 5.36. The summed E-state index contributed by atoms with van der Waals surface area (Å²) in [5.74, 6) is -0.420. The number of hydrogen-bond acceptors (Lipinski definition) is 3. The maximum atomic E-state index is 12.9. The summed E-state index contributed by atoms with van der Waals surface area (Å²) in [6.45, 7) is -0.317. The molecule has 2 heterocycles. The maximum Gasteiger partial charge on any atom is 0.333 e. The van der Waals surface area contributed by atoms with Crippen molar-refractivity contribution < 1.29 is 13.6 Å². The van der Waals surface area contributed by atoms with Gasteiger partial charge >= 0.3 is 6.55 Å². The average Bonchev–Trinajstić information content (AvgIpc) is 3.12. The van der Waals surface area contributed by atoms with E-state index in [2.05, 4.69) is 10.1 Å². The Hall–Kier alpha value is -3.09. The predicted octanol–water partition coefficient (Wildman–Crippen LogP) is 3.82. The minimum absolute atomic E-state index is 0.0196. The van der Waals surface area contributed by atoms with E-state index in [1.165, 1.54) is 6.07 Å². The highest BCUT2D eigenvalue weighted by Gasteiger charge is 2.21. The van der Waals surface area contributed by atoms with Crippen molar-refractivity contribution in [2.45, 2.75) is 26.6 Å². The fourth-order valence-electron chi connectivity index (χ4n) is 2.61. The molecule has 0 aliphatic carbocycles. The first-order valence-electron chi connectivity index (χ1n) is 8.12. The second-order valence-corrected chi connectivity index (χ2v) is 5.88. The minimum atomic E-state index is -2.78. The van der Waals surface area contributed by atoms with Crippen LogP contribution in [0.1, 0.15) is 34.0 Å². The molecule has 0 saturated carbocycles. The van der Waals surface area contributed by atoms with Crippen LogP contribution in [0.25, 0.3) is 0 Å². The standard InChI is InChI=1S/C19H18F2N4O/c1-14-6-5-9-16(22-14)13-24(12-15-7-3-2-4-8-15)18(26)17-10-11-25(23-17)19(20)21/h2-11,19H,12-13H2,1H3. The number of carbonyl (C=O) groups excluding carboxylic acids is 1. The van der Waals surface area contributed by atoms with Crippen LogP contribution in [0, 0.1) is 6.92 Å². The summed E-state index contributed by atoms with van der Waals surface area (Å²) in [6, 6.07) is 16.3. The monoisotopic (exact) mass is 356 g/mol. The van der Waals surface area contributed by atoms with E-state index in [0.717, 1.165) is 23.1 Å². The third-order valence-corrected chi connectivity index (χ3v) is 3.83. The van der Waals surface area contributed by atoms with E-state index in [0.29, 0.717) is 11.2 Å². The fourth-order valence-corrected chi connectivity index (χ4v) is 2.61. The van der Waals surface area contributed by atoms with Gasteiger partial charge in [0, 0.05) is 18.4 Å². The van der Waals surface area contributed by atoms with Crippen molar-refractivity contribution in [3.63, 3.8) is 0 Å². The Morgan fingerprint density at radius 1 is 1.08 bits per heavy atom. The molecule has 7 heteroatoms. The molecule has 2 aromatic heterocycles. The first-order valence-corrected chi connectivity index (χ1v) is 8.12. The van der Waals surface area contributed by atoms with E-state index in [-0.39, 0.29) is 12.2 Å². The molecule has 3 rings (SSSR count). The predicted molar refractivity (Wildman–Crippen MR) is 92.5 cm³/mol. The molecule has 0 aliphatic rings. The van der Waals surface area contributed by atoms with Gasteiger partial charge in [0.05, 0.1) is 12.2 Å². The van der Waals surface area contributed by atoms with Gasteiger partial charge in [0.15, 0.2) is 5.69 Å². The summed E-state index contributed by atoms with van der Waals surface area (Å²) < 4.78 is 26.0. The van der Waals surface area contributed by atoms with Crippen molar-refractivity contribution >= 4 is 5.91 Å². The van der Waals surface area contributed by atoms with Crippen LogP contribution in [-0.2, 0) is 13.1 Å². The zero-order chi connectivity index (χ0) is 18.5.